The van der Waals surface area contributed by atoms with E-state index in [1.807, 2.05) is 0 Å². The molecule has 0 aromatic rings. The van der Waals surface area contributed by atoms with Gasteiger partial charge in [0, 0.05) is 6.54 Å². The van der Waals surface area contributed by atoms with E-state index in [0.717, 1.165) is 0 Å². The Morgan fingerprint density at radius 1 is 1.67 bits per heavy atom. The molecule has 0 unspecified atom stereocenters. The largest absolute Gasteiger partial charge is 0.445 e. The third-order valence-electron chi connectivity index (χ3n) is 1.26. The first-order valence-electron chi connectivity index (χ1n) is 3.72. The van der Waals surface area contributed by atoms with Crippen molar-refractivity contribution in [3.8, 4) is 0 Å². The number of likely N-dealkylation sites (N-methyl/N-ethyl adjacent to an activating group) is 1. The van der Waals surface area contributed by atoms with Crippen LogP contribution >= 0.6 is 0 Å². The smallest absolute Gasteiger partial charge is 0.410 e. The first-order valence-corrected chi connectivity index (χ1v) is 3.72. The highest BCUT2D eigenvalue weighted by Gasteiger charge is 2.10. The molecule has 0 saturated carbocycles. The molecule has 0 aromatic heterocycles. The minimum Gasteiger partial charge on any atom is -0.445 e. The summed E-state index contributed by atoms with van der Waals surface area (Å²) in [5.74, 6) is 0. The van der Waals surface area contributed by atoms with Gasteiger partial charge in [0.2, 0.25) is 0 Å². The molecule has 0 fully saturated rings. The van der Waals surface area contributed by atoms with Crippen LogP contribution in [0.25, 0.3) is 0 Å². The Kier molecular flexibility index (Phi) is 5.69. The second kappa shape index (κ2) is 6.39. The number of hydrogen-bond donors (Lipinski definition) is 0. The van der Waals surface area contributed by atoms with Crippen LogP contribution < -0.4 is 0 Å². The van der Waals surface area contributed by atoms with Crippen molar-refractivity contribution in [2.24, 2.45) is 0 Å². The van der Waals surface area contributed by atoms with Gasteiger partial charge in [0.25, 0.3) is 0 Å². The predicted octanol–water partition coefficient (Wildman–Crippen LogP) is 0.830. The van der Waals surface area contributed by atoms with Crippen molar-refractivity contribution >= 4 is 12.4 Å². The van der Waals surface area contributed by atoms with Crippen molar-refractivity contribution in [2.75, 3.05) is 19.7 Å². The maximum absolute atomic E-state index is 11.0. The number of ether oxygens (including phenoxy) is 1. The van der Waals surface area contributed by atoms with E-state index in [0.29, 0.717) is 12.8 Å². The molecule has 0 spiro atoms. The summed E-state index contributed by atoms with van der Waals surface area (Å²) in [4.78, 5) is 22.4. The number of rotatable bonds is 5. The molecule has 0 bridgehead atoms. The second-order valence-corrected chi connectivity index (χ2v) is 2.07. The summed E-state index contributed by atoms with van der Waals surface area (Å²) in [7, 11) is 0. The minimum absolute atomic E-state index is 0.0759. The van der Waals surface area contributed by atoms with Gasteiger partial charge in [-0.1, -0.05) is 12.7 Å². The molecule has 4 heteroatoms. The Balaban J connectivity index is 3.84. The molecule has 0 aliphatic heterocycles. The summed E-state index contributed by atoms with van der Waals surface area (Å²) in [6.07, 6.45) is 1.66. The summed E-state index contributed by atoms with van der Waals surface area (Å²) in [6.45, 7) is 5.89. The quantitative estimate of drug-likeness (QED) is 0.454. The maximum atomic E-state index is 11.0. The molecule has 0 aromatic carbocycles. The third-order valence-corrected chi connectivity index (χ3v) is 1.26. The molecular formula is C8H13NO3. The highest BCUT2D eigenvalue weighted by atomic mass is 16.6. The maximum Gasteiger partial charge on any atom is 0.410 e. The fourth-order valence-corrected chi connectivity index (χ4v) is 0.644. The second-order valence-electron chi connectivity index (χ2n) is 2.07. The molecule has 0 atom stereocenters. The molecule has 12 heavy (non-hydrogen) atoms. The lowest BCUT2D eigenvalue weighted by Gasteiger charge is -2.16. The van der Waals surface area contributed by atoms with Crippen LogP contribution in [0, 0.1) is 0 Å². The Hall–Kier alpha value is -1.32. The van der Waals surface area contributed by atoms with Crippen LogP contribution in [0.3, 0.4) is 0 Å². The van der Waals surface area contributed by atoms with E-state index < -0.39 is 6.09 Å². The van der Waals surface area contributed by atoms with Gasteiger partial charge in [-0.2, -0.15) is 0 Å². The average Bonchev–Trinajstić information content (AvgIpc) is 2.10. The first-order chi connectivity index (χ1) is 5.76. The lowest BCUT2D eigenvalue weighted by atomic mass is 10.5. The van der Waals surface area contributed by atoms with Gasteiger partial charge in [-0.3, -0.25) is 0 Å². The van der Waals surface area contributed by atoms with Gasteiger partial charge in [0.05, 0.1) is 6.54 Å². The molecule has 4 nitrogen and oxygen atoms in total. The highest BCUT2D eigenvalue weighted by Crippen LogP contribution is 1.91. The summed E-state index contributed by atoms with van der Waals surface area (Å²) < 4.78 is 4.71. The number of aldehydes is 1. The Bertz CT molecular complexity index is 168. The summed E-state index contributed by atoms with van der Waals surface area (Å²) in [6, 6.07) is 0. The minimum atomic E-state index is -0.482. The summed E-state index contributed by atoms with van der Waals surface area (Å²) in [5, 5.41) is 0. The van der Waals surface area contributed by atoms with E-state index in [1.165, 1.54) is 11.0 Å². The molecule has 0 rings (SSSR count). The van der Waals surface area contributed by atoms with Crippen molar-refractivity contribution < 1.29 is 14.3 Å². The van der Waals surface area contributed by atoms with Crippen LogP contribution in [0.2, 0.25) is 0 Å². The zero-order chi connectivity index (χ0) is 9.40. The van der Waals surface area contributed by atoms with E-state index >= 15 is 0 Å². The monoisotopic (exact) mass is 171 g/mol. The van der Waals surface area contributed by atoms with Crippen molar-refractivity contribution in [2.45, 2.75) is 6.92 Å². The van der Waals surface area contributed by atoms with Gasteiger partial charge in [0.15, 0.2) is 0 Å². The lowest BCUT2D eigenvalue weighted by Crippen LogP contribution is -2.32. The van der Waals surface area contributed by atoms with Crippen LogP contribution in [0.1, 0.15) is 6.92 Å². The summed E-state index contributed by atoms with van der Waals surface area (Å²) in [5.41, 5.74) is 0. The van der Waals surface area contributed by atoms with E-state index in [-0.39, 0.29) is 13.2 Å². The van der Waals surface area contributed by atoms with Gasteiger partial charge in [-0.15, -0.1) is 0 Å². The number of amides is 1. The van der Waals surface area contributed by atoms with Crippen LogP contribution in [0.5, 0.6) is 0 Å². The SMILES string of the molecule is C=CCOC(=O)N(CC)CC=O. The molecule has 0 aliphatic carbocycles. The first kappa shape index (κ1) is 10.7. The zero-order valence-corrected chi connectivity index (χ0v) is 7.16. The molecule has 0 saturated heterocycles. The topological polar surface area (TPSA) is 46.6 Å². The number of hydrogen-bond acceptors (Lipinski definition) is 3. The van der Waals surface area contributed by atoms with Crippen molar-refractivity contribution in [3.63, 3.8) is 0 Å². The van der Waals surface area contributed by atoms with Gasteiger partial charge >= 0.3 is 6.09 Å². The predicted molar refractivity (Wildman–Crippen MR) is 44.9 cm³/mol. The van der Waals surface area contributed by atoms with Crippen LogP contribution in [0.15, 0.2) is 12.7 Å². The number of carbonyl (C=O) groups excluding carboxylic acids is 2. The van der Waals surface area contributed by atoms with E-state index in [4.69, 9.17) is 4.74 Å². The van der Waals surface area contributed by atoms with Gasteiger partial charge in [-0.25, -0.2) is 4.79 Å². The Labute approximate surface area is 71.8 Å². The normalized spacial score (nSPS) is 8.75. The molecule has 0 N–H and O–H groups in total. The molecule has 68 valence electrons. The molecule has 1 amide bonds. The average molecular weight is 171 g/mol. The number of nitrogens with zero attached hydrogens (tertiary/aromatic N) is 1. The molecule has 0 aliphatic rings. The fourth-order valence-electron chi connectivity index (χ4n) is 0.644. The Morgan fingerprint density at radius 3 is 2.75 bits per heavy atom. The van der Waals surface area contributed by atoms with Crippen molar-refractivity contribution in [1.29, 1.82) is 0 Å². The van der Waals surface area contributed by atoms with Crippen molar-refractivity contribution in [3.05, 3.63) is 12.7 Å². The molecule has 0 radical (unpaired) electrons. The van der Waals surface area contributed by atoms with Gasteiger partial charge in [0.1, 0.15) is 12.9 Å². The zero-order valence-electron chi connectivity index (χ0n) is 7.16. The highest BCUT2D eigenvalue weighted by molar-refractivity contribution is 5.71. The lowest BCUT2D eigenvalue weighted by molar-refractivity contribution is -0.108. The standard InChI is InChI=1S/C8H13NO3/c1-3-7-12-8(11)9(4-2)5-6-10/h3,6H,1,4-5,7H2,2H3. The number of carbonyl (C=O) groups is 2. The van der Waals surface area contributed by atoms with Crippen molar-refractivity contribution in [1.82, 2.24) is 4.90 Å². The van der Waals surface area contributed by atoms with Gasteiger partial charge in [-0.05, 0) is 6.92 Å². The summed E-state index contributed by atoms with van der Waals surface area (Å²) >= 11 is 0. The van der Waals surface area contributed by atoms with Gasteiger partial charge < -0.3 is 14.4 Å². The molecular weight excluding hydrogens is 158 g/mol. The van der Waals surface area contributed by atoms with E-state index in [1.54, 1.807) is 6.92 Å². The molecule has 0 heterocycles. The van der Waals surface area contributed by atoms with Crippen LogP contribution in [-0.2, 0) is 9.53 Å². The fraction of sp³-hybridized carbons (Fsp3) is 0.500. The van der Waals surface area contributed by atoms with E-state index in [9.17, 15) is 9.59 Å². The van der Waals surface area contributed by atoms with Crippen LogP contribution in [0.4, 0.5) is 4.79 Å². The Morgan fingerprint density at radius 2 is 2.33 bits per heavy atom. The third kappa shape index (κ3) is 3.75. The van der Waals surface area contributed by atoms with E-state index in [2.05, 4.69) is 6.58 Å². The van der Waals surface area contributed by atoms with Crippen LogP contribution in [-0.4, -0.2) is 37.0 Å².